The Kier molecular flexibility index (Phi) is 2.28. The SMILES string of the molecule is COc1ccc2ncc3c(c2c1)NCC(C)O3. The Bertz CT molecular complexity index is 569. The van der Waals surface area contributed by atoms with E-state index in [-0.39, 0.29) is 6.10 Å². The van der Waals surface area contributed by atoms with Gasteiger partial charge in [0.05, 0.1) is 31.1 Å². The van der Waals surface area contributed by atoms with Gasteiger partial charge < -0.3 is 14.8 Å². The lowest BCUT2D eigenvalue weighted by atomic mass is 10.1. The van der Waals surface area contributed by atoms with Crippen molar-refractivity contribution in [1.29, 1.82) is 0 Å². The van der Waals surface area contributed by atoms with E-state index >= 15 is 0 Å². The number of hydrogen-bond acceptors (Lipinski definition) is 4. The molecule has 88 valence electrons. The van der Waals surface area contributed by atoms with Crippen LogP contribution in [0.5, 0.6) is 11.5 Å². The van der Waals surface area contributed by atoms with Gasteiger partial charge in [-0.1, -0.05) is 0 Å². The Labute approximate surface area is 99.6 Å². The highest BCUT2D eigenvalue weighted by atomic mass is 16.5. The van der Waals surface area contributed by atoms with Crippen LogP contribution >= 0.6 is 0 Å². The maximum absolute atomic E-state index is 5.75. The van der Waals surface area contributed by atoms with Gasteiger partial charge in [0.1, 0.15) is 11.9 Å². The number of nitrogens with one attached hydrogen (secondary N) is 1. The predicted octanol–water partition coefficient (Wildman–Crippen LogP) is 2.44. The van der Waals surface area contributed by atoms with Gasteiger partial charge in [0.2, 0.25) is 0 Å². The van der Waals surface area contributed by atoms with E-state index in [0.717, 1.165) is 34.6 Å². The predicted molar refractivity (Wildman–Crippen MR) is 66.9 cm³/mol. The number of aromatic nitrogens is 1. The van der Waals surface area contributed by atoms with Gasteiger partial charge in [-0.3, -0.25) is 4.98 Å². The molecule has 4 nitrogen and oxygen atoms in total. The van der Waals surface area contributed by atoms with Crippen LogP contribution in [0.15, 0.2) is 24.4 Å². The first-order valence-corrected chi connectivity index (χ1v) is 5.65. The molecular weight excluding hydrogens is 216 g/mol. The van der Waals surface area contributed by atoms with Crippen molar-refractivity contribution in [3.63, 3.8) is 0 Å². The van der Waals surface area contributed by atoms with E-state index in [2.05, 4.69) is 10.3 Å². The first-order chi connectivity index (χ1) is 8.28. The molecule has 0 saturated carbocycles. The number of pyridine rings is 1. The van der Waals surface area contributed by atoms with Crippen molar-refractivity contribution in [3.05, 3.63) is 24.4 Å². The molecule has 1 atom stereocenters. The number of anilines is 1. The Morgan fingerprint density at radius 3 is 3.18 bits per heavy atom. The van der Waals surface area contributed by atoms with E-state index in [9.17, 15) is 0 Å². The third-order valence-electron chi connectivity index (χ3n) is 2.93. The van der Waals surface area contributed by atoms with Crippen molar-refractivity contribution in [2.75, 3.05) is 19.0 Å². The molecule has 3 rings (SSSR count). The molecule has 1 unspecified atom stereocenters. The summed E-state index contributed by atoms with van der Waals surface area (Å²) in [6.07, 6.45) is 1.94. The smallest absolute Gasteiger partial charge is 0.161 e. The van der Waals surface area contributed by atoms with E-state index in [0.29, 0.717) is 0 Å². The standard InChI is InChI=1S/C13H14N2O2/c1-8-6-15-13-10-5-9(16-2)3-4-11(10)14-7-12(13)17-8/h3-5,7-8,15H,6H2,1-2H3. The van der Waals surface area contributed by atoms with Crippen molar-refractivity contribution in [1.82, 2.24) is 4.98 Å². The zero-order valence-electron chi connectivity index (χ0n) is 9.86. The molecular formula is C13H14N2O2. The van der Waals surface area contributed by atoms with Gasteiger partial charge in [0.15, 0.2) is 5.75 Å². The van der Waals surface area contributed by atoms with E-state index < -0.39 is 0 Å². The monoisotopic (exact) mass is 230 g/mol. The van der Waals surface area contributed by atoms with E-state index in [1.807, 2.05) is 25.1 Å². The highest BCUT2D eigenvalue weighted by Crippen LogP contribution is 2.36. The molecule has 1 N–H and O–H groups in total. The number of methoxy groups -OCH3 is 1. The summed E-state index contributed by atoms with van der Waals surface area (Å²) in [5.74, 6) is 1.64. The first kappa shape index (κ1) is 10.2. The Hall–Kier alpha value is -1.97. The molecule has 4 heteroatoms. The lowest BCUT2D eigenvalue weighted by Gasteiger charge is -2.25. The van der Waals surface area contributed by atoms with Crippen molar-refractivity contribution in [2.24, 2.45) is 0 Å². The van der Waals surface area contributed by atoms with Gasteiger partial charge in [0.25, 0.3) is 0 Å². The summed E-state index contributed by atoms with van der Waals surface area (Å²) in [6.45, 7) is 2.84. The molecule has 1 aromatic carbocycles. The maximum atomic E-state index is 5.75. The van der Waals surface area contributed by atoms with Gasteiger partial charge in [-0.2, -0.15) is 0 Å². The van der Waals surface area contributed by atoms with E-state index in [1.165, 1.54) is 0 Å². The average molecular weight is 230 g/mol. The fourth-order valence-electron chi connectivity index (χ4n) is 2.06. The molecule has 0 radical (unpaired) electrons. The Morgan fingerprint density at radius 1 is 1.47 bits per heavy atom. The second-order valence-corrected chi connectivity index (χ2v) is 4.19. The van der Waals surface area contributed by atoms with Crippen LogP contribution < -0.4 is 14.8 Å². The number of benzene rings is 1. The van der Waals surface area contributed by atoms with Crippen LogP contribution in [0.3, 0.4) is 0 Å². The fraction of sp³-hybridized carbons (Fsp3) is 0.308. The summed E-state index contributed by atoms with van der Waals surface area (Å²) >= 11 is 0. The molecule has 1 aliphatic heterocycles. The van der Waals surface area contributed by atoms with Crippen molar-refractivity contribution >= 4 is 16.6 Å². The van der Waals surface area contributed by atoms with Crippen LogP contribution in [-0.2, 0) is 0 Å². The normalized spacial score (nSPS) is 18.1. The van der Waals surface area contributed by atoms with Gasteiger partial charge in [-0.25, -0.2) is 0 Å². The average Bonchev–Trinajstić information content (AvgIpc) is 2.37. The van der Waals surface area contributed by atoms with Crippen molar-refractivity contribution in [3.8, 4) is 11.5 Å². The lowest BCUT2D eigenvalue weighted by molar-refractivity contribution is 0.225. The van der Waals surface area contributed by atoms with Crippen LogP contribution in [0.2, 0.25) is 0 Å². The number of ether oxygens (including phenoxy) is 2. The number of rotatable bonds is 1. The summed E-state index contributed by atoms with van der Waals surface area (Å²) < 4.78 is 11.0. The van der Waals surface area contributed by atoms with Crippen molar-refractivity contribution in [2.45, 2.75) is 13.0 Å². The third-order valence-corrected chi connectivity index (χ3v) is 2.93. The Morgan fingerprint density at radius 2 is 2.35 bits per heavy atom. The van der Waals surface area contributed by atoms with Gasteiger partial charge in [0, 0.05) is 5.39 Å². The number of hydrogen-bond donors (Lipinski definition) is 1. The highest BCUT2D eigenvalue weighted by Gasteiger charge is 2.18. The quantitative estimate of drug-likeness (QED) is 0.817. The molecule has 2 heterocycles. The molecule has 0 bridgehead atoms. The molecule has 0 fully saturated rings. The topological polar surface area (TPSA) is 43.4 Å². The van der Waals surface area contributed by atoms with E-state index in [1.54, 1.807) is 13.3 Å². The second kappa shape index (κ2) is 3.80. The van der Waals surface area contributed by atoms with Crippen LogP contribution in [-0.4, -0.2) is 24.7 Å². The Balaban J connectivity index is 2.21. The molecule has 0 aliphatic carbocycles. The molecule has 2 aromatic rings. The van der Waals surface area contributed by atoms with Crippen molar-refractivity contribution < 1.29 is 9.47 Å². The summed E-state index contributed by atoms with van der Waals surface area (Å²) in [5, 5.41) is 4.42. The minimum absolute atomic E-state index is 0.173. The number of nitrogens with zero attached hydrogens (tertiary/aromatic N) is 1. The fourth-order valence-corrected chi connectivity index (χ4v) is 2.06. The summed E-state index contributed by atoms with van der Waals surface area (Å²) in [6, 6.07) is 5.84. The highest BCUT2D eigenvalue weighted by molar-refractivity contribution is 5.95. The first-order valence-electron chi connectivity index (χ1n) is 5.65. The molecule has 1 aromatic heterocycles. The lowest BCUT2D eigenvalue weighted by Crippen LogP contribution is -2.27. The summed E-state index contributed by atoms with van der Waals surface area (Å²) in [7, 11) is 1.66. The van der Waals surface area contributed by atoms with Gasteiger partial charge in [-0.15, -0.1) is 0 Å². The number of fused-ring (bicyclic) bond motifs is 3. The molecule has 17 heavy (non-hydrogen) atoms. The molecule has 0 spiro atoms. The minimum Gasteiger partial charge on any atom is -0.497 e. The second-order valence-electron chi connectivity index (χ2n) is 4.19. The summed E-state index contributed by atoms with van der Waals surface area (Å²) in [4.78, 5) is 4.38. The maximum Gasteiger partial charge on any atom is 0.161 e. The third kappa shape index (κ3) is 1.65. The molecule has 0 saturated heterocycles. The van der Waals surface area contributed by atoms with Gasteiger partial charge in [-0.05, 0) is 25.1 Å². The van der Waals surface area contributed by atoms with Gasteiger partial charge >= 0.3 is 0 Å². The minimum atomic E-state index is 0.173. The molecule has 0 amide bonds. The van der Waals surface area contributed by atoms with E-state index in [4.69, 9.17) is 9.47 Å². The molecule has 1 aliphatic rings. The summed E-state index contributed by atoms with van der Waals surface area (Å²) in [5.41, 5.74) is 1.95. The zero-order valence-corrected chi connectivity index (χ0v) is 9.86. The van der Waals surface area contributed by atoms with Crippen LogP contribution in [0.1, 0.15) is 6.92 Å². The largest absolute Gasteiger partial charge is 0.497 e. The van der Waals surface area contributed by atoms with Crippen LogP contribution in [0, 0.1) is 0 Å². The van der Waals surface area contributed by atoms with Crippen LogP contribution in [0.25, 0.3) is 10.9 Å². The zero-order chi connectivity index (χ0) is 11.8. The van der Waals surface area contributed by atoms with Crippen LogP contribution in [0.4, 0.5) is 5.69 Å².